The highest BCUT2D eigenvalue weighted by Crippen LogP contribution is 2.54. The quantitative estimate of drug-likeness (QED) is 0.699. The molecule has 2 spiro atoms. The summed E-state index contributed by atoms with van der Waals surface area (Å²) in [5, 5.41) is 3.08. The van der Waals surface area contributed by atoms with Crippen LogP contribution in [-0.2, 0) is 0 Å². The molecule has 174 valence electrons. The van der Waals surface area contributed by atoms with Gasteiger partial charge in [0.2, 0.25) is 0 Å². The van der Waals surface area contributed by atoms with Gasteiger partial charge in [-0.15, -0.1) is 0 Å². The van der Waals surface area contributed by atoms with Gasteiger partial charge in [-0.05, 0) is 92.5 Å². The Morgan fingerprint density at radius 3 is 2.30 bits per heavy atom. The number of aromatic nitrogens is 1. The van der Waals surface area contributed by atoms with Gasteiger partial charge in [0.15, 0.2) is 11.6 Å². The van der Waals surface area contributed by atoms with Crippen molar-refractivity contribution in [3.05, 3.63) is 41.5 Å². The maximum atomic E-state index is 13.4. The maximum absolute atomic E-state index is 13.4. The van der Waals surface area contributed by atoms with Crippen LogP contribution in [-0.4, -0.2) is 44.2 Å². The van der Waals surface area contributed by atoms with Crippen LogP contribution in [0, 0.1) is 17.8 Å². The predicted octanol–water partition coefficient (Wildman–Crippen LogP) is 5.02. The number of nitrogens with one attached hydrogen (secondary N) is 1. The zero-order valence-corrected chi connectivity index (χ0v) is 19.8. The van der Waals surface area contributed by atoms with Gasteiger partial charge in [0, 0.05) is 31.9 Å². The molecule has 1 amide bonds. The molecule has 1 aromatic carbocycles. The second-order valence-corrected chi connectivity index (χ2v) is 10.9. The molecule has 0 radical (unpaired) electrons. The van der Waals surface area contributed by atoms with Crippen molar-refractivity contribution in [1.29, 1.82) is 0 Å². The summed E-state index contributed by atoms with van der Waals surface area (Å²) in [6.07, 6.45) is 9.09. The zero-order valence-electron chi connectivity index (χ0n) is 19.8. The summed E-state index contributed by atoms with van der Waals surface area (Å²) < 4.78 is 5.60. The van der Waals surface area contributed by atoms with Crippen LogP contribution in [0.3, 0.4) is 0 Å². The number of benzene rings is 1. The summed E-state index contributed by atoms with van der Waals surface area (Å²) >= 11 is 0. The van der Waals surface area contributed by atoms with E-state index in [1.165, 1.54) is 50.5 Å². The lowest BCUT2D eigenvalue weighted by atomic mass is 9.92. The first-order valence-corrected chi connectivity index (χ1v) is 12.5. The summed E-state index contributed by atoms with van der Waals surface area (Å²) in [6, 6.07) is 9.91. The first-order chi connectivity index (χ1) is 16.0. The van der Waals surface area contributed by atoms with E-state index >= 15 is 0 Å². The fraction of sp³-hybridized carbons (Fsp3) is 0.556. The summed E-state index contributed by atoms with van der Waals surface area (Å²) in [5.41, 5.74) is 4.06. The molecule has 2 saturated heterocycles. The first-order valence-electron chi connectivity index (χ1n) is 12.5. The molecule has 0 bridgehead atoms. The van der Waals surface area contributed by atoms with E-state index in [1.807, 2.05) is 24.3 Å². The Balaban J connectivity index is 1.23. The Hall–Kier alpha value is -2.76. The van der Waals surface area contributed by atoms with Gasteiger partial charge in [-0.25, -0.2) is 4.98 Å². The Labute approximate surface area is 196 Å². The Morgan fingerprint density at radius 2 is 1.64 bits per heavy atom. The van der Waals surface area contributed by atoms with E-state index in [1.54, 1.807) is 7.11 Å². The number of hydrogen-bond acceptors (Lipinski definition) is 5. The molecule has 1 N–H and O–H groups in total. The number of methoxy groups -OCH3 is 1. The fourth-order valence-electron chi connectivity index (χ4n) is 5.77. The highest BCUT2D eigenvalue weighted by atomic mass is 16.5. The van der Waals surface area contributed by atoms with Gasteiger partial charge in [0.05, 0.1) is 12.7 Å². The minimum absolute atomic E-state index is 0.0968. The Morgan fingerprint density at radius 1 is 0.939 bits per heavy atom. The SMILES string of the molecule is COc1ccc(NC(=O)c2ccc(C)cc2N2CCC3(CC2)CC3)nc1N1CCC2(CC2)C1. The molecule has 6 rings (SSSR count). The summed E-state index contributed by atoms with van der Waals surface area (Å²) in [7, 11) is 1.69. The van der Waals surface area contributed by atoms with Gasteiger partial charge >= 0.3 is 0 Å². The second kappa shape index (κ2) is 7.64. The highest BCUT2D eigenvalue weighted by molar-refractivity contribution is 6.08. The molecule has 4 aliphatic rings. The van der Waals surface area contributed by atoms with E-state index in [2.05, 4.69) is 28.1 Å². The number of rotatable bonds is 5. The molecule has 2 aromatic rings. The molecule has 33 heavy (non-hydrogen) atoms. The van der Waals surface area contributed by atoms with Crippen LogP contribution in [0.1, 0.15) is 60.9 Å². The van der Waals surface area contributed by atoms with Crippen molar-refractivity contribution in [1.82, 2.24) is 4.98 Å². The van der Waals surface area contributed by atoms with Crippen LogP contribution in [0.15, 0.2) is 30.3 Å². The Kier molecular flexibility index (Phi) is 4.82. The largest absolute Gasteiger partial charge is 0.493 e. The number of aryl methyl sites for hydroxylation is 1. The van der Waals surface area contributed by atoms with Crippen molar-refractivity contribution in [3.8, 4) is 5.75 Å². The minimum atomic E-state index is -0.0968. The van der Waals surface area contributed by atoms with Crippen LogP contribution < -0.4 is 19.9 Å². The van der Waals surface area contributed by atoms with Gasteiger partial charge < -0.3 is 19.9 Å². The molecule has 4 fully saturated rings. The van der Waals surface area contributed by atoms with Gasteiger partial charge in [-0.2, -0.15) is 0 Å². The topological polar surface area (TPSA) is 57.7 Å². The third kappa shape index (κ3) is 3.94. The van der Waals surface area contributed by atoms with Crippen molar-refractivity contribution < 1.29 is 9.53 Å². The third-order valence-corrected chi connectivity index (χ3v) is 8.52. The molecule has 2 saturated carbocycles. The molecule has 6 heteroatoms. The molecule has 6 nitrogen and oxygen atoms in total. The van der Waals surface area contributed by atoms with Crippen molar-refractivity contribution in [3.63, 3.8) is 0 Å². The molecule has 2 aliphatic heterocycles. The van der Waals surface area contributed by atoms with Crippen LogP contribution in [0.25, 0.3) is 0 Å². The Bertz CT molecular complexity index is 1080. The molecule has 0 atom stereocenters. The lowest BCUT2D eigenvalue weighted by Gasteiger charge is -2.35. The second-order valence-electron chi connectivity index (χ2n) is 10.9. The lowest BCUT2D eigenvalue weighted by Crippen LogP contribution is -2.35. The standard InChI is InChI=1S/C27H34N4O2/c1-19-3-4-20(21(17-19)30-14-11-26(7-8-26)12-15-30)25(32)29-23-6-5-22(33-2)24(28-23)31-16-13-27(18-31)9-10-27/h3-6,17H,7-16,18H2,1-2H3,(H,28,29,32). The van der Waals surface area contributed by atoms with Crippen LogP contribution in [0.2, 0.25) is 0 Å². The number of nitrogens with zero attached hydrogens (tertiary/aromatic N) is 3. The molecular formula is C27H34N4O2. The number of pyridine rings is 1. The van der Waals surface area contributed by atoms with Crippen molar-refractivity contribution in [2.24, 2.45) is 10.8 Å². The number of piperidine rings is 1. The number of carbonyl (C=O) groups excluding carboxylic acids is 1. The fourth-order valence-corrected chi connectivity index (χ4v) is 5.77. The molecule has 0 unspecified atom stereocenters. The number of carbonyl (C=O) groups is 1. The van der Waals surface area contributed by atoms with Gasteiger partial charge in [0.1, 0.15) is 5.82 Å². The molecule has 1 aromatic heterocycles. The van der Waals surface area contributed by atoms with E-state index in [0.717, 1.165) is 49.0 Å². The van der Waals surface area contributed by atoms with E-state index in [-0.39, 0.29) is 5.91 Å². The smallest absolute Gasteiger partial charge is 0.258 e. The monoisotopic (exact) mass is 446 g/mol. The number of hydrogen-bond donors (Lipinski definition) is 1. The third-order valence-electron chi connectivity index (χ3n) is 8.52. The zero-order chi connectivity index (χ0) is 22.6. The van der Waals surface area contributed by atoms with Crippen molar-refractivity contribution in [2.75, 3.05) is 48.4 Å². The summed E-state index contributed by atoms with van der Waals surface area (Å²) in [5.74, 6) is 2.09. The predicted molar refractivity (Wildman–Crippen MR) is 132 cm³/mol. The van der Waals surface area contributed by atoms with Crippen LogP contribution in [0.4, 0.5) is 17.3 Å². The van der Waals surface area contributed by atoms with E-state index < -0.39 is 0 Å². The molecule has 2 aliphatic carbocycles. The lowest BCUT2D eigenvalue weighted by molar-refractivity contribution is 0.102. The van der Waals surface area contributed by atoms with Gasteiger partial charge in [-0.3, -0.25) is 4.79 Å². The van der Waals surface area contributed by atoms with E-state index in [0.29, 0.717) is 16.6 Å². The number of anilines is 3. The maximum Gasteiger partial charge on any atom is 0.258 e. The highest BCUT2D eigenvalue weighted by Gasteiger charge is 2.48. The minimum Gasteiger partial charge on any atom is -0.493 e. The number of ether oxygens (including phenoxy) is 1. The average molecular weight is 447 g/mol. The number of amides is 1. The van der Waals surface area contributed by atoms with Crippen LogP contribution >= 0.6 is 0 Å². The average Bonchev–Trinajstić information content (AvgIpc) is 3.72. The van der Waals surface area contributed by atoms with Gasteiger partial charge in [-0.1, -0.05) is 6.07 Å². The molecule has 3 heterocycles. The van der Waals surface area contributed by atoms with Gasteiger partial charge in [0.25, 0.3) is 5.91 Å². The summed E-state index contributed by atoms with van der Waals surface area (Å²) in [4.78, 5) is 23.0. The van der Waals surface area contributed by atoms with Crippen LogP contribution in [0.5, 0.6) is 5.75 Å². The van der Waals surface area contributed by atoms with E-state index in [9.17, 15) is 4.79 Å². The normalized spacial score (nSPS) is 22.0. The van der Waals surface area contributed by atoms with Crippen molar-refractivity contribution in [2.45, 2.75) is 51.9 Å². The first kappa shape index (κ1) is 20.8. The van der Waals surface area contributed by atoms with Crippen molar-refractivity contribution >= 4 is 23.2 Å². The molecular weight excluding hydrogens is 412 g/mol. The summed E-state index contributed by atoms with van der Waals surface area (Å²) in [6.45, 7) is 6.19. The van der Waals surface area contributed by atoms with E-state index in [4.69, 9.17) is 9.72 Å².